The minimum absolute atomic E-state index is 0.705. The van der Waals surface area contributed by atoms with E-state index in [0.29, 0.717) is 6.42 Å². The Morgan fingerprint density at radius 3 is 2.33 bits per heavy atom. The second kappa shape index (κ2) is 3.72. The Labute approximate surface area is 74.1 Å². The molecule has 0 saturated carbocycles. The van der Waals surface area contributed by atoms with Crippen LogP contribution < -0.4 is 0 Å². The average molecular weight is 163 g/mol. The van der Waals surface area contributed by atoms with Crippen molar-refractivity contribution in [2.45, 2.75) is 32.3 Å². The first-order chi connectivity index (χ1) is 5.67. The molecule has 1 aromatic rings. The molecule has 1 atom stereocenters. The minimum atomic E-state index is -0.907. The Balaban J connectivity index is 2.82. The third kappa shape index (κ3) is 2.08. The molecular weight excluding hydrogens is 148 g/mol. The molecular formula is C11H15O. The van der Waals surface area contributed by atoms with Crippen LogP contribution in [0.2, 0.25) is 0 Å². The summed E-state index contributed by atoms with van der Waals surface area (Å²) in [6.45, 7) is 3.80. The monoisotopic (exact) mass is 163 g/mol. The number of hydrogen-bond donors (Lipinski definition) is 0. The van der Waals surface area contributed by atoms with Crippen molar-refractivity contribution in [3.63, 3.8) is 0 Å². The summed E-state index contributed by atoms with van der Waals surface area (Å²) in [6, 6.07) is 9.58. The molecule has 1 heteroatoms. The summed E-state index contributed by atoms with van der Waals surface area (Å²) in [7, 11) is 0. The van der Waals surface area contributed by atoms with Crippen molar-refractivity contribution in [1.29, 1.82) is 0 Å². The maximum absolute atomic E-state index is 11.9. The topological polar surface area (TPSA) is 19.9 Å². The van der Waals surface area contributed by atoms with Gasteiger partial charge in [0.05, 0.1) is 0 Å². The lowest BCUT2D eigenvalue weighted by Crippen LogP contribution is -2.18. The van der Waals surface area contributed by atoms with E-state index in [-0.39, 0.29) is 0 Å². The van der Waals surface area contributed by atoms with Gasteiger partial charge in [-0.2, -0.15) is 0 Å². The second-order valence-electron chi connectivity index (χ2n) is 3.35. The van der Waals surface area contributed by atoms with E-state index in [1.54, 1.807) is 6.92 Å². The Kier molecular flexibility index (Phi) is 2.88. The Bertz CT molecular complexity index is 226. The summed E-state index contributed by atoms with van der Waals surface area (Å²) in [5, 5.41) is 11.9. The first-order valence-corrected chi connectivity index (χ1v) is 4.43. The summed E-state index contributed by atoms with van der Waals surface area (Å²) >= 11 is 0. The zero-order chi connectivity index (χ0) is 9.03. The predicted octanol–water partition coefficient (Wildman–Crippen LogP) is 3.13. The smallest absolute Gasteiger partial charge is 0.126 e. The zero-order valence-electron chi connectivity index (χ0n) is 7.71. The highest BCUT2D eigenvalue weighted by Crippen LogP contribution is 2.25. The van der Waals surface area contributed by atoms with Crippen LogP contribution in [0.5, 0.6) is 0 Å². The lowest BCUT2D eigenvalue weighted by atomic mass is 9.92. The van der Waals surface area contributed by atoms with Crippen LogP contribution in [0.15, 0.2) is 30.3 Å². The van der Waals surface area contributed by atoms with Gasteiger partial charge in [-0.25, -0.2) is 5.11 Å². The van der Waals surface area contributed by atoms with Gasteiger partial charge in [0, 0.05) is 0 Å². The molecule has 0 heterocycles. The quantitative estimate of drug-likeness (QED) is 0.652. The highest BCUT2D eigenvalue weighted by molar-refractivity contribution is 5.20. The van der Waals surface area contributed by atoms with Crippen LogP contribution in [-0.4, -0.2) is 0 Å². The lowest BCUT2D eigenvalue weighted by Gasteiger charge is -2.19. The average Bonchev–Trinajstić information content (AvgIpc) is 2.06. The van der Waals surface area contributed by atoms with Crippen molar-refractivity contribution in [3.8, 4) is 0 Å². The number of hydrogen-bond acceptors (Lipinski definition) is 0. The standard InChI is InChI=1S/C11H15O/c1-3-9-11(2,12)10-7-5-4-6-8-10/h4-8H,3,9H2,1-2H3. The van der Waals surface area contributed by atoms with E-state index in [0.717, 1.165) is 12.0 Å². The summed E-state index contributed by atoms with van der Waals surface area (Å²) in [5.41, 5.74) is -0.0115. The third-order valence-electron chi connectivity index (χ3n) is 2.11. The van der Waals surface area contributed by atoms with Crippen LogP contribution in [0.25, 0.3) is 0 Å². The number of benzene rings is 1. The van der Waals surface area contributed by atoms with Crippen LogP contribution in [0, 0.1) is 0 Å². The van der Waals surface area contributed by atoms with Crippen molar-refractivity contribution < 1.29 is 5.11 Å². The largest absolute Gasteiger partial charge is 0.225 e. The summed E-state index contributed by atoms with van der Waals surface area (Å²) in [5.74, 6) is 0. The molecule has 0 aromatic heterocycles. The van der Waals surface area contributed by atoms with Crippen molar-refractivity contribution in [1.82, 2.24) is 0 Å². The molecule has 0 aliphatic heterocycles. The highest BCUT2D eigenvalue weighted by atomic mass is 16.3. The molecule has 12 heavy (non-hydrogen) atoms. The van der Waals surface area contributed by atoms with Gasteiger partial charge in [-0.05, 0) is 18.9 Å². The lowest BCUT2D eigenvalue weighted by molar-refractivity contribution is -0.0259. The Hall–Kier alpha value is -0.820. The van der Waals surface area contributed by atoms with Gasteiger partial charge < -0.3 is 0 Å². The van der Waals surface area contributed by atoms with Crippen LogP contribution >= 0.6 is 0 Å². The van der Waals surface area contributed by atoms with Gasteiger partial charge in [-0.3, -0.25) is 0 Å². The fourth-order valence-corrected chi connectivity index (χ4v) is 1.41. The molecule has 0 aliphatic rings. The van der Waals surface area contributed by atoms with Crippen molar-refractivity contribution in [2.24, 2.45) is 0 Å². The van der Waals surface area contributed by atoms with Crippen molar-refractivity contribution in [2.75, 3.05) is 0 Å². The Morgan fingerprint density at radius 1 is 1.25 bits per heavy atom. The zero-order valence-corrected chi connectivity index (χ0v) is 7.71. The van der Waals surface area contributed by atoms with Gasteiger partial charge in [-0.1, -0.05) is 43.7 Å². The first kappa shape index (κ1) is 9.27. The van der Waals surface area contributed by atoms with Crippen LogP contribution in [-0.2, 0) is 10.7 Å². The SMILES string of the molecule is CCCC(C)([O])c1ccccc1. The molecule has 65 valence electrons. The maximum atomic E-state index is 11.9. The van der Waals surface area contributed by atoms with E-state index in [2.05, 4.69) is 0 Å². The van der Waals surface area contributed by atoms with Gasteiger partial charge in [0.2, 0.25) is 0 Å². The summed E-state index contributed by atoms with van der Waals surface area (Å²) < 4.78 is 0. The molecule has 0 N–H and O–H groups in total. The molecule has 0 spiro atoms. The predicted molar refractivity (Wildman–Crippen MR) is 49.4 cm³/mol. The highest BCUT2D eigenvalue weighted by Gasteiger charge is 2.23. The van der Waals surface area contributed by atoms with E-state index in [9.17, 15) is 5.11 Å². The van der Waals surface area contributed by atoms with Gasteiger partial charge in [0.15, 0.2) is 0 Å². The fraction of sp³-hybridized carbons (Fsp3) is 0.455. The molecule has 1 aromatic carbocycles. The molecule has 1 unspecified atom stereocenters. The fourth-order valence-electron chi connectivity index (χ4n) is 1.41. The van der Waals surface area contributed by atoms with Gasteiger partial charge in [0.1, 0.15) is 5.60 Å². The van der Waals surface area contributed by atoms with Crippen molar-refractivity contribution in [3.05, 3.63) is 35.9 Å². The maximum Gasteiger partial charge on any atom is 0.126 e. The minimum Gasteiger partial charge on any atom is -0.225 e. The Morgan fingerprint density at radius 2 is 1.83 bits per heavy atom. The van der Waals surface area contributed by atoms with Crippen LogP contribution in [0.1, 0.15) is 32.3 Å². The van der Waals surface area contributed by atoms with E-state index in [1.165, 1.54) is 0 Å². The van der Waals surface area contributed by atoms with Gasteiger partial charge in [-0.15, -0.1) is 0 Å². The second-order valence-corrected chi connectivity index (χ2v) is 3.35. The van der Waals surface area contributed by atoms with Gasteiger partial charge >= 0.3 is 0 Å². The molecule has 0 bridgehead atoms. The molecule has 0 fully saturated rings. The normalized spacial score (nSPS) is 15.6. The molecule has 0 aliphatic carbocycles. The van der Waals surface area contributed by atoms with E-state index >= 15 is 0 Å². The van der Waals surface area contributed by atoms with Crippen LogP contribution in [0.4, 0.5) is 0 Å². The van der Waals surface area contributed by atoms with E-state index in [4.69, 9.17) is 0 Å². The molecule has 1 nitrogen and oxygen atoms in total. The molecule has 1 rings (SSSR count). The number of rotatable bonds is 3. The van der Waals surface area contributed by atoms with Gasteiger partial charge in [0.25, 0.3) is 0 Å². The van der Waals surface area contributed by atoms with Crippen LogP contribution in [0.3, 0.4) is 0 Å². The molecule has 1 radical (unpaired) electrons. The summed E-state index contributed by atoms with van der Waals surface area (Å²) in [4.78, 5) is 0. The molecule has 0 saturated heterocycles. The van der Waals surface area contributed by atoms with E-state index in [1.807, 2.05) is 37.3 Å². The summed E-state index contributed by atoms with van der Waals surface area (Å²) in [6.07, 6.45) is 1.64. The van der Waals surface area contributed by atoms with Crippen molar-refractivity contribution >= 4 is 0 Å². The third-order valence-corrected chi connectivity index (χ3v) is 2.11. The molecule has 0 amide bonds. The van der Waals surface area contributed by atoms with E-state index < -0.39 is 5.60 Å². The first-order valence-electron chi connectivity index (χ1n) is 4.43.